The Labute approximate surface area is 111 Å². The van der Waals surface area contributed by atoms with Crippen molar-refractivity contribution in [3.8, 4) is 11.8 Å². The topological polar surface area (TPSA) is 70.3 Å². The first-order chi connectivity index (χ1) is 9.15. The number of hydrogen-bond acceptors (Lipinski definition) is 4. The summed E-state index contributed by atoms with van der Waals surface area (Å²) < 4.78 is 5.56. The largest absolute Gasteiger partial charge is 0.507 e. The van der Waals surface area contributed by atoms with Gasteiger partial charge in [-0.1, -0.05) is 31.6 Å². The average Bonchev–Trinajstić information content (AvgIpc) is 2.42. The minimum Gasteiger partial charge on any atom is -0.507 e. The summed E-state index contributed by atoms with van der Waals surface area (Å²) in [5.74, 6) is -0.534. The van der Waals surface area contributed by atoms with Gasteiger partial charge >= 0.3 is 0 Å². The van der Waals surface area contributed by atoms with Crippen LogP contribution in [0.2, 0.25) is 0 Å². The lowest BCUT2D eigenvalue weighted by Crippen LogP contribution is -2.39. The van der Waals surface area contributed by atoms with E-state index in [-0.39, 0.29) is 11.3 Å². The Hall–Kier alpha value is -2.12. The summed E-state index contributed by atoms with van der Waals surface area (Å²) in [6.45, 7) is 2.30. The summed E-state index contributed by atoms with van der Waals surface area (Å²) in [5.41, 5.74) is -0.830. The highest BCUT2D eigenvalue weighted by Crippen LogP contribution is 2.39. The Balaban J connectivity index is 2.51. The van der Waals surface area contributed by atoms with E-state index in [0.717, 1.165) is 12.8 Å². The molecule has 0 saturated heterocycles. The molecule has 0 fully saturated rings. The monoisotopic (exact) mass is 257 g/mol. The maximum absolute atomic E-state index is 12.1. The fourth-order valence-corrected chi connectivity index (χ4v) is 2.14. The van der Waals surface area contributed by atoms with E-state index in [1.807, 2.05) is 13.0 Å². The molecule has 1 N–H and O–H groups in total. The van der Waals surface area contributed by atoms with Gasteiger partial charge in [0, 0.05) is 6.61 Å². The van der Waals surface area contributed by atoms with Gasteiger partial charge in [0.25, 0.3) is 0 Å². The van der Waals surface area contributed by atoms with Gasteiger partial charge in [0.1, 0.15) is 11.8 Å². The molecule has 0 amide bonds. The Bertz CT molecular complexity index is 571. The molecule has 1 aliphatic carbocycles. The molecular formula is C15H15NO3. The number of ketones is 1. The summed E-state index contributed by atoms with van der Waals surface area (Å²) in [5, 5.41) is 19.4. The second-order valence-corrected chi connectivity index (χ2v) is 4.43. The van der Waals surface area contributed by atoms with Gasteiger partial charge in [-0.3, -0.25) is 4.79 Å². The smallest absolute Gasteiger partial charge is 0.246 e. The number of hydrogen-bond donors (Lipinski definition) is 1. The van der Waals surface area contributed by atoms with Gasteiger partial charge in [-0.2, -0.15) is 5.26 Å². The molecule has 0 radical (unpaired) electrons. The number of benzene rings is 1. The van der Waals surface area contributed by atoms with Crippen LogP contribution in [0.15, 0.2) is 24.3 Å². The van der Waals surface area contributed by atoms with Crippen molar-refractivity contribution in [2.24, 2.45) is 0 Å². The van der Waals surface area contributed by atoms with E-state index in [2.05, 4.69) is 0 Å². The van der Waals surface area contributed by atoms with Crippen LogP contribution in [0.1, 0.15) is 30.9 Å². The third-order valence-corrected chi connectivity index (χ3v) is 3.16. The van der Waals surface area contributed by atoms with Crippen molar-refractivity contribution in [1.29, 1.82) is 5.26 Å². The highest BCUT2D eigenvalue weighted by Gasteiger charge is 2.45. The summed E-state index contributed by atoms with van der Waals surface area (Å²) >= 11 is 0. The number of unbranched alkanes of at least 4 members (excludes halogenated alkanes) is 1. The van der Waals surface area contributed by atoms with E-state index in [1.165, 1.54) is 12.1 Å². The summed E-state index contributed by atoms with van der Waals surface area (Å²) in [6.07, 6.45) is 4.58. The number of aromatic hydroxyl groups is 1. The minimum absolute atomic E-state index is 0.0896. The molecule has 4 heteroatoms. The van der Waals surface area contributed by atoms with Gasteiger partial charge in [-0.15, -0.1) is 0 Å². The second kappa shape index (κ2) is 5.25. The number of fused-ring (bicyclic) bond motifs is 1. The molecule has 1 aromatic carbocycles. The zero-order chi connectivity index (χ0) is 13.9. The van der Waals surface area contributed by atoms with Gasteiger partial charge in [0.2, 0.25) is 11.4 Å². The maximum Gasteiger partial charge on any atom is 0.246 e. The predicted octanol–water partition coefficient (Wildman–Crippen LogP) is 2.52. The van der Waals surface area contributed by atoms with Crippen LogP contribution in [0, 0.1) is 11.3 Å². The van der Waals surface area contributed by atoms with E-state index in [9.17, 15) is 15.2 Å². The van der Waals surface area contributed by atoms with Crippen molar-refractivity contribution in [2.45, 2.75) is 25.4 Å². The van der Waals surface area contributed by atoms with Gasteiger partial charge in [-0.05, 0) is 24.1 Å². The van der Waals surface area contributed by atoms with E-state index < -0.39 is 11.4 Å². The molecule has 0 aliphatic heterocycles. The number of ether oxygens (including phenoxy) is 1. The number of rotatable bonds is 4. The number of nitriles is 1. The Morgan fingerprint density at radius 1 is 1.42 bits per heavy atom. The molecule has 0 aromatic heterocycles. The van der Waals surface area contributed by atoms with Crippen LogP contribution in [-0.4, -0.2) is 17.5 Å². The lowest BCUT2D eigenvalue weighted by Gasteiger charge is -2.29. The first-order valence-corrected chi connectivity index (χ1v) is 6.26. The molecule has 2 rings (SSSR count). The van der Waals surface area contributed by atoms with Crippen LogP contribution in [-0.2, 0) is 15.1 Å². The lowest BCUT2D eigenvalue weighted by molar-refractivity contribution is -0.134. The molecule has 0 spiro atoms. The van der Waals surface area contributed by atoms with Crippen LogP contribution in [0.5, 0.6) is 5.75 Å². The zero-order valence-electron chi connectivity index (χ0n) is 10.7. The van der Waals surface area contributed by atoms with Crippen molar-refractivity contribution in [2.75, 3.05) is 6.61 Å². The van der Waals surface area contributed by atoms with Crippen molar-refractivity contribution in [3.63, 3.8) is 0 Å². The van der Waals surface area contributed by atoms with Crippen LogP contribution in [0.3, 0.4) is 0 Å². The number of carbonyl (C=O) groups excluding carboxylic acids is 1. The number of nitrogens with zero attached hydrogens (tertiary/aromatic N) is 1. The molecule has 1 aromatic rings. The normalized spacial score (nSPS) is 20.9. The zero-order valence-corrected chi connectivity index (χ0v) is 10.7. The second-order valence-electron chi connectivity index (χ2n) is 4.43. The van der Waals surface area contributed by atoms with Crippen molar-refractivity contribution in [3.05, 3.63) is 35.4 Å². The van der Waals surface area contributed by atoms with E-state index in [0.29, 0.717) is 12.2 Å². The molecule has 1 unspecified atom stereocenters. The molecule has 0 bridgehead atoms. The highest BCUT2D eigenvalue weighted by atomic mass is 16.5. The van der Waals surface area contributed by atoms with Gasteiger partial charge in [0.15, 0.2) is 0 Å². The molecule has 1 atom stereocenters. The fourth-order valence-electron chi connectivity index (χ4n) is 2.14. The van der Waals surface area contributed by atoms with E-state index >= 15 is 0 Å². The summed E-state index contributed by atoms with van der Waals surface area (Å²) in [6, 6.07) is 6.81. The van der Waals surface area contributed by atoms with Crippen molar-refractivity contribution >= 4 is 11.9 Å². The standard InChI is InChI=1S/C15H15NO3/c1-2-3-9-19-15(10-16)13(18)8-7-11-5-4-6-12(17)14(11)15/h4-8,17H,2-3,9H2,1H3. The van der Waals surface area contributed by atoms with Crippen LogP contribution < -0.4 is 0 Å². The first-order valence-electron chi connectivity index (χ1n) is 6.26. The Morgan fingerprint density at radius 2 is 2.21 bits per heavy atom. The highest BCUT2D eigenvalue weighted by molar-refractivity contribution is 6.06. The minimum atomic E-state index is -1.72. The predicted molar refractivity (Wildman–Crippen MR) is 70.3 cm³/mol. The molecule has 0 heterocycles. The number of phenols is 1. The quantitative estimate of drug-likeness (QED) is 0.841. The molecule has 1 aliphatic rings. The molecule has 98 valence electrons. The maximum atomic E-state index is 12.1. The van der Waals surface area contributed by atoms with Crippen LogP contribution in [0.25, 0.3) is 6.08 Å². The van der Waals surface area contributed by atoms with Gasteiger partial charge in [-0.25, -0.2) is 0 Å². The lowest BCUT2D eigenvalue weighted by atomic mass is 9.82. The molecule has 0 saturated carbocycles. The average molecular weight is 257 g/mol. The summed E-state index contributed by atoms with van der Waals surface area (Å²) in [7, 11) is 0. The van der Waals surface area contributed by atoms with E-state index in [4.69, 9.17) is 4.74 Å². The fraction of sp³-hybridized carbons (Fsp3) is 0.333. The van der Waals surface area contributed by atoms with E-state index in [1.54, 1.807) is 18.2 Å². The third-order valence-electron chi connectivity index (χ3n) is 3.16. The molecule has 4 nitrogen and oxygen atoms in total. The van der Waals surface area contributed by atoms with Crippen molar-refractivity contribution < 1.29 is 14.6 Å². The molecule has 19 heavy (non-hydrogen) atoms. The SMILES string of the molecule is CCCCOC1(C#N)C(=O)C=Cc2cccc(O)c21. The van der Waals surface area contributed by atoms with Crippen molar-refractivity contribution in [1.82, 2.24) is 0 Å². The Kier molecular flexibility index (Phi) is 3.68. The first kappa shape index (κ1) is 13.3. The van der Waals surface area contributed by atoms with Crippen LogP contribution >= 0.6 is 0 Å². The molecular weight excluding hydrogens is 242 g/mol. The van der Waals surface area contributed by atoms with Gasteiger partial charge in [0.05, 0.1) is 5.56 Å². The van der Waals surface area contributed by atoms with Crippen LogP contribution in [0.4, 0.5) is 0 Å². The number of phenolic OH excluding ortho intramolecular Hbond substituents is 1. The van der Waals surface area contributed by atoms with Gasteiger partial charge < -0.3 is 9.84 Å². The third kappa shape index (κ3) is 2.13. The number of carbonyl (C=O) groups is 1. The Morgan fingerprint density at radius 3 is 2.89 bits per heavy atom. The summed E-state index contributed by atoms with van der Waals surface area (Å²) in [4.78, 5) is 12.1.